The average Bonchev–Trinajstić information content (AvgIpc) is 2.40. The van der Waals surface area contributed by atoms with Crippen LogP contribution >= 0.6 is 11.8 Å². The van der Waals surface area contributed by atoms with Crippen molar-refractivity contribution >= 4 is 29.2 Å². The number of hydrogen-bond donors (Lipinski definition) is 2. The molecule has 106 valence electrons. The van der Waals surface area contributed by atoms with E-state index in [0.29, 0.717) is 23.7 Å². The predicted molar refractivity (Wildman–Crippen MR) is 80.7 cm³/mol. The molecule has 0 aliphatic rings. The van der Waals surface area contributed by atoms with Crippen molar-refractivity contribution in [2.24, 2.45) is 0 Å². The molecule has 3 N–H and O–H groups in total. The Morgan fingerprint density at radius 1 is 1.53 bits per heavy atom. The Morgan fingerprint density at radius 3 is 3.00 bits per heavy atom. The van der Waals surface area contributed by atoms with Crippen LogP contribution in [0, 0.1) is 0 Å². The lowest BCUT2D eigenvalue weighted by molar-refractivity contribution is 0.0527. The first-order valence-electron chi connectivity index (χ1n) is 6.43. The molecule has 6 heteroatoms. The van der Waals surface area contributed by atoms with Gasteiger partial charge in [-0.05, 0) is 30.9 Å². The Bertz CT molecular complexity index is 413. The molecule has 1 aromatic rings. The molecule has 0 fully saturated rings. The molecule has 1 aromatic heterocycles. The van der Waals surface area contributed by atoms with Crippen LogP contribution in [0.1, 0.15) is 30.6 Å². The van der Waals surface area contributed by atoms with E-state index in [0.717, 1.165) is 24.5 Å². The van der Waals surface area contributed by atoms with E-state index >= 15 is 0 Å². The van der Waals surface area contributed by atoms with Gasteiger partial charge >= 0.3 is 5.97 Å². The highest BCUT2D eigenvalue weighted by Gasteiger charge is 2.14. The number of nitrogens with one attached hydrogen (secondary N) is 1. The summed E-state index contributed by atoms with van der Waals surface area (Å²) in [5, 5.41) is 3.16. The van der Waals surface area contributed by atoms with Crippen molar-refractivity contribution in [3.63, 3.8) is 0 Å². The van der Waals surface area contributed by atoms with E-state index in [1.807, 2.05) is 11.8 Å². The van der Waals surface area contributed by atoms with E-state index in [1.54, 1.807) is 13.0 Å². The Kier molecular flexibility index (Phi) is 7.10. The highest BCUT2D eigenvalue weighted by Crippen LogP contribution is 2.17. The summed E-state index contributed by atoms with van der Waals surface area (Å²) in [4.78, 5) is 15.9. The summed E-state index contributed by atoms with van der Waals surface area (Å²) in [6, 6.07) is 1.59. The van der Waals surface area contributed by atoms with Gasteiger partial charge in [-0.3, -0.25) is 0 Å². The first-order valence-corrected chi connectivity index (χ1v) is 7.58. The Hall–Kier alpha value is -1.43. The van der Waals surface area contributed by atoms with Crippen molar-refractivity contribution in [2.45, 2.75) is 20.3 Å². The van der Waals surface area contributed by atoms with Crippen LogP contribution in [0.25, 0.3) is 0 Å². The number of nitrogen functional groups attached to an aromatic ring is 1. The fourth-order valence-corrected chi connectivity index (χ4v) is 2.15. The van der Waals surface area contributed by atoms with Crippen molar-refractivity contribution in [2.75, 3.05) is 35.7 Å². The summed E-state index contributed by atoms with van der Waals surface area (Å²) in [6.45, 7) is 5.02. The van der Waals surface area contributed by atoms with Gasteiger partial charge in [-0.1, -0.05) is 6.92 Å². The van der Waals surface area contributed by atoms with Crippen LogP contribution in [0.3, 0.4) is 0 Å². The summed E-state index contributed by atoms with van der Waals surface area (Å²) in [5.41, 5.74) is 6.50. The Morgan fingerprint density at radius 2 is 2.32 bits per heavy atom. The van der Waals surface area contributed by atoms with E-state index < -0.39 is 5.97 Å². The molecule has 0 spiro atoms. The summed E-state index contributed by atoms with van der Waals surface area (Å²) >= 11 is 1.89. The van der Waals surface area contributed by atoms with Gasteiger partial charge in [0.1, 0.15) is 11.4 Å². The molecule has 0 saturated carbocycles. The monoisotopic (exact) mass is 283 g/mol. The number of esters is 1. The number of carbonyl (C=O) groups excluding carboxylic acids is 1. The predicted octanol–water partition coefficient (Wildman–Crippen LogP) is 2.40. The van der Waals surface area contributed by atoms with Crippen LogP contribution in [0.5, 0.6) is 0 Å². The summed E-state index contributed by atoms with van der Waals surface area (Å²) in [6.07, 6.45) is 2.55. The molecule has 0 amide bonds. The van der Waals surface area contributed by atoms with E-state index in [-0.39, 0.29) is 0 Å². The molecule has 0 aromatic carbocycles. The highest BCUT2D eigenvalue weighted by molar-refractivity contribution is 7.99. The number of nitrogens with two attached hydrogens (primary N) is 1. The number of anilines is 2. The quantitative estimate of drug-likeness (QED) is 0.563. The van der Waals surface area contributed by atoms with E-state index in [4.69, 9.17) is 10.5 Å². The first kappa shape index (κ1) is 15.6. The minimum absolute atomic E-state index is 0.334. The van der Waals surface area contributed by atoms with Crippen molar-refractivity contribution < 1.29 is 9.53 Å². The largest absolute Gasteiger partial charge is 0.462 e. The first-order chi connectivity index (χ1) is 9.19. The third kappa shape index (κ3) is 5.38. The van der Waals surface area contributed by atoms with Gasteiger partial charge in [0.25, 0.3) is 0 Å². The third-order valence-electron chi connectivity index (χ3n) is 2.37. The molecule has 1 heterocycles. The number of carbonyl (C=O) groups is 1. The number of nitrogens with zero attached hydrogens (tertiary/aromatic N) is 1. The molecular weight excluding hydrogens is 262 g/mol. The van der Waals surface area contributed by atoms with Crippen molar-refractivity contribution in [1.82, 2.24) is 4.98 Å². The number of ether oxygens (including phenoxy) is 1. The van der Waals surface area contributed by atoms with Crippen molar-refractivity contribution in [3.8, 4) is 0 Å². The Balaban J connectivity index is 2.63. The van der Waals surface area contributed by atoms with Crippen LogP contribution < -0.4 is 11.1 Å². The molecule has 0 saturated heterocycles. The summed E-state index contributed by atoms with van der Waals surface area (Å²) in [5.74, 6) is 2.35. The average molecular weight is 283 g/mol. The molecule has 0 radical (unpaired) electrons. The number of thioether (sulfide) groups is 1. The molecule has 0 unspecified atom stereocenters. The van der Waals surface area contributed by atoms with Crippen LogP contribution in [0.4, 0.5) is 11.5 Å². The zero-order chi connectivity index (χ0) is 14.1. The van der Waals surface area contributed by atoms with Crippen LogP contribution in [0.15, 0.2) is 12.3 Å². The fraction of sp³-hybridized carbons (Fsp3) is 0.538. The van der Waals surface area contributed by atoms with Crippen molar-refractivity contribution in [1.29, 1.82) is 0 Å². The van der Waals surface area contributed by atoms with Crippen LogP contribution in [0.2, 0.25) is 0 Å². The van der Waals surface area contributed by atoms with E-state index in [2.05, 4.69) is 17.2 Å². The van der Waals surface area contributed by atoms with E-state index in [9.17, 15) is 4.79 Å². The van der Waals surface area contributed by atoms with Gasteiger partial charge in [0, 0.05) is 6.54 Å². The van der Waals surface area contributed by atoms with Gasteiger partial charge < -0.3 is 15.8 Å². The number of hydrogen-bond acceptors (Lipinski definition) is 6. The zero-order valence-electron chi connectivity index (χ0n) is 11.4. The lowest BCUT2D eigenvalue weighted by atomic mass is 10.2. The minimum Gasteiger partial charge on any atom is -0.462 e. The fourth-order valence-electron chi connectivity index (χ4n) is 1.51. The highest BCUT2D eigenvalue weighted by atomic mass is 32.2. The SMILES string of the molecule is CCOC(=O)c1cc(N)cnc1NCCCSCC. The normalized spacial score (nSPS) is 10.2. The second-order valence-corrected chi connectivity index (χ2v) is 5.26. The Labute approximate surface area is 118 Å². The maximum atomic E-state index is 11.8. The molecule has 5 nitrogen and oxygen atoms in total. The lowest BCUT2D eigenvalue weighted by Gasteiger charge is -2.10. The second-order valence-electron chi connectivity index (χ2n) is 3.86. The molecule has 19 heavy (non-hydrogen) atoms. The van der Waals surface area contributed by atoms with Gasteiger partial charge in [0.2, 0.25) is 0 Å². The van der Waals surface area contributed by atoms with Crippen LogP contribution in [-0.4, -0.2) is 35.6 Å². The molecule has 0 aliphatic carbocycles. The minimum atomic E-state index is -0.396. The van der Waals surface area contributed by atoms with Gasteiger partial charge in [-0.2, -0.15) is 11.8 Å². The van der Waals surface area contributed by atoms with E-state index in [1.165, 1.54) is 6.20 Å². The number of aromatic nitrogens is 1. The third-order valence-corrected chi connectivity index (χ3v) is 3.35. The molecular formula is C13H21N3O2S. The molecule has 0 bridgehead atoms. The smallest absolute Gasteiger partial charge is 0.341 e. The molecule has 0 atom stereocenters. The second kappa shape index (κ2) is 8.63. The molecule has 0 aliphatic heterocycles. The topological polar surface area (TPSA) is 77.2 Å². The standard InChI is InChI=1S/C13H21N3O2S/c1-3-18-13(17)11-8-10(14)9-16-12(11)15-6-5-7-19-4-2/h8-9H,3-7,14H2,1-2H3,(H,15,16). The number of rotatable bonds is 8. The molecule has 1 rings (SSSR count). The maximum Gasteiger partial charge on any atom is 0.341 e. The zero-order valence-corrected chi connectivity index (χ0v) is 12.3. The maximum absolute atomic E-state index is 11.8. The number of pyridine rings is 1. The summed E-state index contributed by atoms with van der Waals surface area (Å²) in [7, 11) is 0. The lowest BCUT2D eigenvalue weighted by Crippen LogP contribution is -2.13. The van der Waals surface area contributed by atoms with Gasteiger partial charge in [-0.15, -0.1) is 0 Å². The van der Waals surface area contributed by atoms with Crippen molar-refractivity contribution in [3.05, 3.63) is 17.8 Å². The van der Waals surface area contributed by atoms with Gasteiger partial charge in [0.15, 0.2) is 0 Å². The van der Waals surface area contributed by atoms with Crippen LogP contribution in [-0.2, 0) is 4.74 Å². The summed E-state index contributed by atoms with van der Waals surface area (Å²) < 4.78 is 4.99. The van der Waals surface area contributed by atoms with Gasteiger partial charge in [-0.25, -0.2) is 9.78 Å². The van der Waals surface area contributed by atoms with Gasteiger partial charge in [0.05, 0.1) is 18.5 Å².